The zero-order valence-corrected chi connectivity index (χ0v) is 11.0. The van der Waals surface area contributed by atoms with E-state index in [2.05, 4.69) is 0 Å². The van der Waals surface area contributed by atoms with E-state index >= 15 is 0 Å². The average Bonchev–Trinajstić information content (AvgIpc) is 2.29. The summed E-state index contributed by atoms with van der Waals surface area (Å²) < 4.78 is 13.5. The van der Waals surface area contributed by atoms with Crippen LogP contribution in [0.4, 0.5) is 4.39 Å². The summed E-state index contributed by atoms with van der Waals surface area (Å²) in [6.07, 6.45) is 0. The minimum Gasteiger partial charge on any atom is -0.392 e. The predicted molar refractivity (Wildman–Crippen MR) is 69.8 cm³/mol. The highest BCUT2D eigenvalue weighted by Crippen LogP contribution is 2.17. The number of amides is 1. The van der Waals surface area contributed by atoms with Crippen LogP contribution >= 0.6 is 23.8 Å². The molecule has 0 aliphatic rings. The van der Waals surface area contributed by atoms with Crippen molar-refractivity contribution in [3.8, 4) is 0 Å². The largest absolute Gasteiger partial charge is 0.392 e. The first-order valence-corrected chi connectivity index (χ1v) is 5.64. The molecule has 1 rings (SSSR count). The second-order valence-corrected chi connectivity index (χ2v) is 4.53. The van der Waals surface area contributed by atoms with Gasteiger partial charge >= 0.3 is 0 Å². The standard InChI is InChI=1S/C11H12ClFN2OS/c1-6(10(14)17)15(2)11(16)8-5-7(12)3-4-9(8)13/h3-6H,1-2H3,(H2,14,17). The molecule has 1 unspecified atom stereocenters. The van der Waals surface area contributed by atoms with E-state index in [-0.39, 0.29) is 10.6 Å². The summed E-state index contributed by atoms with van der Waals surface area (Å²) in [6.45, 7) is 1.67. The molecule has 0 heterocycles. The van der Waals surface area contributed by atoms with Gasteiger partial charge in [0.2, 0.25) is 0 Å². The van der Waals surface area contributed by atoms with Crippen molar-refractivity contribution in [3.05, 3.63) is 34.6 Å². The minimum atomic E-state index is -0.624. The van der Waals surface area contributed by atoms with E-state index in [1.165, 1.54) is 24.1 Å². The molecule has 0 bridgehead atoms. The Morgan fingerprint density at radius 1 is 1.59 bits per heavy atom. The number of nitrogens with zero attached hydrogens (tertiary/aromatic N) is 1. The van der Waals surface area contributed by atoms with Crippen LogP contribution in [-0.2, 0) is 0 Å². The summed E-state index contributed by atoms with van der Waals surface area (Å²) in [7, 11) is 1.51. The fourth-order valence-corrected chi connectivity index (χ4v) is 1.55. The van der Waals surface area contributed by atoms with Crippen LogP contribution in [0.2, 0.25) is 5.02 Å². The lowest BCUT2D eigenvalue weighted by Crippen LogP contribution is -2.43. The molecule has 2 N–H and O–H groups in total. The Labute approximate surface area is 109 Å². The average molecular weight is 275 g/mol. The second kappa shape index (κ2) is 5.42. The third-order valence-corrected chi connectivity index (χ3v) is 3.05. The smallest absolute Gasteiger partial charge is 0.257 e. The topological polar surface area (TPSA) is 46.3 Å². The molecule has 0 aromatic heterocycles. The van der Waals surface area contributed by atoms with E-state index in [1.807, 2.05) is 0 Å². The second-order valence-electron chi connectivity index (χ2n) is 3.62. The van der Waals surface area contributed by atoms with Gasteiger partial charge in [0.15, 0.2) is 0 Å². The molecule has 1 amide bonds. The van der Waals surface area contributed by atoms with Crippen LogP contribution < -0.4 is 5.73 Å². The van der Waals surface area contributed by atoms with Gasteiger partial charge in [-0.05, 0) is 25.1 Å². The summed E-state index contributed by atoms with van der Waals surface area (Å²) >= 11 is 10.5. The molecule has 0 aliphatic heterocycles. The van der Waals surface area contributed by atoms with E-state index in [0.717, 1.165) is 6.07 Å². The van der Waals surface area contributed by atoms with Gasteiger partial charge in [-0.3, -0.25) is 4.79 Å². The molecule has 6 heteroatoms. The maximum atomic E-state index is 13.5. The number of thiocarbonyl (C=S) groups is 1. The lowest BCUT2D eigenvalue weighted by molar-refractivity contribution is 0.0774. The Balaban J connectivity index is 3.04. The van der Waals surface area contributed by atoms with Crippen LogP contribution in [-0.4, -0.2) is 28.9 Å². The molecule has 3 nitrogen and oxygen atoms in total. The molecule has 1 aromatic rings. The normalized spacial score (nSPS) is 12.0. The molecule has 0 spiro atoms. The first-order chi connectivity index (χ1) is 7.84. The summed E-state index contributed by atoms with van der Waals surface area (Å²) in [6, 6.07) is 3.36. The van der Waals surface area contributed by atoms with Gasteiger partial charge in [0.05, 0.1) is 16.6 Å². The van der Waals surface area contributed by atoms with Crippen LogP contribution in [0.5, 0.6) is 0 Å². The molecule has 0 aliphatic carbocycles. The van der Waals surface area contributed by atoms with E-state index in [1.54, 1.807) is 6.92 Å². The van der Waals surface area contributed by atoms with Crippen LogP contribution in [0.1, 0.15) is 17.3 Å². The molecular weight excluding hydrogens is 263 g/mol. The molecule has 1 atom stereocenters. The van der Waals surface area contributed by atoms with Gasteiger partial charge in [-0.25, -0.2) is 4.39 Å². The maximum absolute atomic E-state index is 13.5. The van der Waals surface area contributed by atoms with Gasteiger partial charge in [-0.15, -0.1) is 0 Å². The summed E-state index contributed by atoms with van der Waals surface area (Å²) in [4.78, 5) is 13.4. The fourth-order valence-electron chi connectivity index (χ4n) is 1.22. The number of benzene rings is 1. The van der Waals surface area contributed by atoms with E-state index in [9.17, 15) is 9.18 Å². The van der Waals surface area contributed by atoms with Gasteiger partial charge in [0, 0.05) is 12.1 Å². The third-order valence-electron chi connectivity index (χ3n) is 2.47. The summed E-state index contributed by atoms with van der Waals surface area (Å²) in [5.41, 5.74) is 5.34. The van der Waals surface area contributed by atoms with Crippen molar-refractivity contribution in [3.63, 3.8) is 0 Å². The lowest BCUT2D eigenvalue weighted by atomic mass is 10.1. The molecule has 0 saturated heterocycles. The van der Waals surface area contributed by atoms with E-state index < -0.39 is 17.8 Å². The third kappa shape index (κ3) is 3.14. The number of hydrogen-bond donors (Lipinski definition) is 1. The molecule has 1 aromatic carbocycles. The first kappa shape index (κ1) is 13.9. The molecular formula is C11H12ClFN2OS. The number of nitrogens with two attached hydrogens (primary N) is 1. The minimum absolute atomic E-state index is 0.0944. The first-order valence-electron chi connectivity index (χ1n) is 4.86. The van der Waals surface area contributed by atoms with Crippen molar-refractivity contribution < 1.29 is 9.18 Å². The van der Waals surface area contributed by atoms with Crippen molar-refractivity contribution in [2.24, 2.45) is 5.73 Å². The van der Waals surface area contributed by atoms with Crippen LogP contribution in [0.15, 0.2) is 18.2 Å². The lowest BCUT2D eigenvalue weighted by Gasteiger charge is -2.24. The maximum Gasteiger partial charge on any atom is 0.257 e. The van der Waals surface area contributed by atoms with Crippen molar-refractivity contribution in [2.45, 2.75) is 13.0 Å². The van der Waals surface area contributed by atoms with Crippen LogP contribution in [0.25, 0.3) is 0 Å². The number of likely N-dealkylation sites (N-methyl/N-ethyl adjacent to an activating group) is 1. The Bertz CT molecular complexity index is 467. The number of rotatable bonds is 3. The van der Waals surface area contributed by atoms with Crippen LogP contribution in [0.3, 0.4) is 0 Å². The van der Waals surface area contributed by atoms with Crippen molar-refractivity contribution >= 4 is 34.7 Å². The van der Waals surface area contributed by atoms with Crippen molar-refractivity contribution in [1.29, 1.82) is 0 Å². The number of carbonyl (C=O) groups is 1. The highest BCUT2D eigenvalue weighted by Gasteiger charge is 2.22. The quantitative estimate of drug-likeness (QED) is 0.860. The Morgan fingerprint density at radius 3 is 2.71 bits per heavy atom. The fraction of sp³-hybridized carbons (Fsp3) is 0.273. The highest BCUT2D eigenvalue weighted by atomic mass is 35.5. The zero-order chi connectivity index (χ0) is 13.2. The number of carbonyl (C=O) groups excluding carboxylic acids is 1. The molecule has 0 fully saturated rings. The Morgan fingerprint density at radius 2 is 2.18 bits per heavy atom. The Kier molecular flexibility index (Phi) is 4.42. The molecule has 0 saturated carbocycles. The predicted octanol–water partition coefficient (Wildman–Crippen LogP) is 2.23. The van der Waals surface area contributed by atoms with Gasteiger partial charge < -0.3 is 10.6 Å². The summed E-state index contributed by atoms with van der Waals surface area (Å²) in [5.74, 6) is -1.13. The highest BCUT2D eigenvalue weighted by molar-refractivity contribution is 7.80. The molecule has 0 radical (unpaired) electrons. The number of halogens is 2. The van der Waals surface area contributed by atoms with Gasteiger partial charge in [-0.1, -0.05) is 23.8 Å². The van der Waals surface area contributed by atoms with E-state index in [4.69, 9.17) is 29.6 Å². The number of hydrogen-bond acceptors (Lipinski definition) is 2. The van der Waals surface area contributed by atoms with Gasteiger partial charge in [0.25, 0.3) is 5.91 Å². The summed E-state index contributed by atoms with van der Waals surface area (Å²) in [5, 5.41) is 0.297. The Hall–Kier alpha value is -1.20. The van der Waals surface area contributed by atoms with E-state index in [0.29, 0.717) is 5.02 Å². The molecule has 17 heavy (non-hydrogen) atoms. The SMILES string of the molecule is CC(C(N)=S)N(C)C(=O)c1cc(Cl)ccc1F. The van der Waals surface area contributed by atoms with Crippen molar-refractivity contribution in [2.75, 3.05) is 7.05 Å². The zero-order valence-electron chi connectivity index (χ0n) is 9.41. The monoisotopic (exact) mass is 274 g/mol. The molecule has 92 valence electrons. The van der Waals surface area contributed by atoms with Gasteiger partial charge in [0.1, 0.15) is 5.82 Å². The van der Waals surface area contributed by atoms with Crippen LogP contribution in [0, 0.1) is 5.82 Å². The van der Waals surface area contributed by atoms with Gasteiger partial charge in [-0.2, -0.15) is 0 Å². The van der Waals surface area contributed by atoms with Crippen molar-refractivity contribution in [1.82, 2.24) is 4.90 Å².